The molecule has 0 N–H and O–H groups in total. The van der Waals surface area contributed by atoms with Crippen LogP contribution in [0.25, 0.3) is 0 Å². The topological polar surface area (TPSA) is 69.7 Å². The van der Waals surface area contributed by atoms with Crippen LogP contribution in [0, 0.1) is 5.92 Å². The van der Waals surface area contributed by atoms with Gasteiger partial charge in [-0.1, -0.05) is 26.8 Å². The first-order valence-corrected chi connectivity index (χ1v) is 6.55. The molecule has 0 spiro atoms. The smallest absolute Gasteiger partial charge is 0.337 e. The Kier molecular flexibility index (Phi) is 9.40. The summed E-state index contributed by atoms with van der Waals surface area (Å²) >= 11 is 0. The lowest BCUT2D eigenvalue weighted by Gasteiger charge is -2.10. The molecule has 0 heterocycles. The predicted octanol–water partition coefficient (Wildman–Crippen LogP) is 2.39. The van der Waals surface area contributed by atoms with Gasteiger partial charge in [0.05, 0.1) is 12.5 Å². The van der Waals surface area contributed by atoms with Gasteiger partial charge in [0.1, 0.15) is 0 Å². The van der Waals surface area contributed by atoms with Gasteiger partial charge in [-0.05, 0) is 19.3 Å². The third kappa shape index (κ3) is 8.99. The summed E-state index contributed by atoms with van der Waals surface area (Å²) in [6, 6.07) is 0. The van der Waals surface area contributed by atoms with Crippen LogP contribution in [0.1, 0.15) is 46.0 Å². The third-order valence-electron chi connectivity index (χ3n) is 2.54. The van der Waals surface area contributed by atoms with Crippen LogP contribution >= 0.6 is 0 Å². The summed E-state index contributed by atoms with van der Waals surface area (Å²) in [6.45, 7) is 7.41. The van der Waals surface area contributed by atoms with E-state index in [1.54, 1.807) is 6.92 Å². The van der Waals surface area contributed by atoms with Gasteiger partial charge in [-0.3, -0.25) is 9.59 Å². The zero-order chi connectivity index (χ0) is 14.7. The highest BCUT2D eigenvalue weighted by Crippen LogP contribution is 2.10. The molecule has 1 unspecified atom stereocenters. The van der Waals surface area contributed by atoms with Crippen LogP contribution in [-0.4, -0.2) is 24.5 Å². The minimum Gasteiger partial charge on any atom is -0.465 e. The number of carbonyl (C=O) groups is 3. The van der Waals surface area contributed by atoms with Crippen LogP contribution in [0.3, 0.4) is 0 Å². The normalized spacial score (nSPS) is 11.5. The number of rotatable bonds is 9. The lowest BCUT2D eigenvalue weighted by molar-refractivity contribution is -0.157. The maximum absolute atomic E-state index is 11.5. The Balaban J connectivity index is 3.75. The third-order valence-corrected chi connectivity index (χ3v) is 2.54. The molecule has 0 aliphatic carbocycles. The molecule has 19 heavy (non-hydrogen) atoms. The Morgan fingerprint density at radius 2 is 1.95 bits per heavy atom. The fraction of sp³-hybridized carbons (Fsp3) is 0.643. The average Bonchev–Trinajstić information content (AvgIpc) is 2.38. The van der Waals surface area contributed by atoms with Crippen LogP contribution in [-0.2, 0) is 23.9 Å². The number of carbonyl (C=O) groups excluding carboxylic acids is 3. The fourth-order valence-corrected chi connectivity index (χ4v) is 1.33. The second kappa shape index (κ2) is 10.3. The van der Waals surface area contributed by atoms with Gasteiger partial charge in [0.15, 0.2) is 0 Å². The Morgan fingerprint density at radius 3 is 2.53 bits per heavy atom. The summed E-state index contributed by atoms with van der Waals surface area (Å²) in [5, 5.41) is 0. The molecular weight excluding hydrogens is 248 g/mol. The summed E-state index contributed by atoms with van der Waals surface area (Å²) in [7, 11) is 0. The maximum atomic E-state index is 11.5. The van der Waals surface area contributed by atoms with Crippen LogP contribution in [0.15, 0.2) is 12.7 Å². The van der Waals surface area contributed by atoms with Crippen molar-refractivity contribution in [3.8, 4) is 0 Å². The number of unbranched alkanes of at least 4 members (excludes halogenated alkanes) is 1. The summed E-state index contributed by atoms with van der Waals surface area (Å²) in [5.41, 5.74) is 0. The van der Waals surface area contributed by atoms with Crippen molar-refractivity contribution in [1.82, 2.24) is 0 Å². The first-order chi connectivity index (χ1) is 9.01. The summed E-state index contributed by atoms with van der Waals surface area (Å²) in [4.78, 5) is 33.4. The van der Waals surface area contributed by atoms with Gasteiger partial charge in [-0.25, -0.2) is 4.79 Å². The summed E-state index contributed by atoms with van der Waals surface area (Å²) in [6.07, 6.45) is 3.88. The van der Waals surface area contributed by atoms with Gasteiger partial charge in [-0.15, -0.1) is 0 Å². The summed E-state index contributed by atoms with van der Waals surface area (Å²) in [5.74, 6) is -1.85. The van der Waals surface area contributed by atoms with Gasteiger partial charge >= 0.3 is 17.9 Å². The minimum atomic E-state index is -0.753. The molecule has 0 aliphatic heterocycles. The quantitative estimate of drug-likeness (QED) is 0.278. The largest absolute Gasteiger partial charge is 0.465 e. The molecule has 5 nitrogen and oxygen atoms in total. The van der Waals surface area contributed by atoms with E-state index in [9.17, 15) is 14.4 Å². The van der Waals surface area contributed by atoms with E-state index in [1.165, 1.54) is 0 Å². The standard InChI is InChI=1S/C14H22O5/c1-4-6-10-18-14(17)11(3)8-7-9-13(16)19-12(15)5-2/h5,11H,2,4,6-10H2,1,3H3. The highest BCUT2D eigenvalue weighted by molar-refractivity contribution is 5.91. The molecule has 0 rings (SSSR count). The zero-order valence-corrected chi connectivity index (χ0v) is 11.6. The zero-order valence-electron chi connectivity index (χ0n) is 11.6. The molecule has 0 radical (unpaired) electrons. The highest BCUT2D eigenvalue weighted by Gasteiger charge is 2.15. The molecule has 1 atom stereocenters. The van der Waals surface area contributed by atoms with Crippen molar-refractivity contribution in [1.29, 1.82) is 0 Å². The molecule has 0 aromatic heterocycles. The van der Waals surface area contributed by atoms with Crippen LogP contribution in [0.5, 0.6) is 0 Å². The molecule has 5 heteroatoms. The van der Waals surface area contributed by atoms with E-state index in [4.69, 9.17) is 4.74 Å². The summed E-state index contributed by atoms with van der Waals surface area (Å²) < 4.78 is 9.47. The lowest BCUT2D eigenvalue weighted by atomic mass is 10.0. The molecule has 108 valence electrons. The number of hydrogen-bond acceptors (Lipinski definition) is 5. The first-order valence-electron chi connectivity index (χ1n) is 6.55. The Labute approximate surface area is 114 Å². The molecule has 0 saturated heterocycles. The highest BCUT2D eigenvalue weighted by atomic mass is 16.6. The minimum absolute atomic E-state index is 0.103. The van der Waals surface area contributed by atoms with Gasteiger partial charge in [0.25, 0.3) is 0 Å². The SMILES string of the molecule is C=CC(=O)OC(=O)CCCC(C)C(=O)OCCCC. The Bertz CT molecular complexity index is 322. The van der Waals surface area contributed by atoms with Crippen molar-refractivity contribution >= 4 is 17.9 Å². The van der Waals surface area contributed by atoms with E-state index in [-0.39, 0.29) is 18.3 Å². The van der Waals surface area contributed by atoms with Gasteiger partial charge in [0, 0.05) is 12.5 Å². The number of hydrogen-bond donors (Lipinski definition) is 0. The first kappa shape index (κ1) is 17.4. The molecule has 0 amide bonds. The molecular formula is C14H22O5. The van der Waals surface area contributed by atoms with Crippen molar-refractivity contribution in [2.24, 2.45) is 5.92 Å². The van der Waals surface area contributed by atoms with E-state index in [2.05, 4.69) is 11.3 Å². The van der Waals surface area contributed by atoms with Crippen molar-refractivity contribution in [2.75, 3.05) is 6.61 Å². The Hall–Kier alpha value is -1.65. The maximum Gasteiger partial charge on any atom is 0.337 e. The lowest BCUT2D eigenvalue weighted by Crippen LogP contribution is -2.16. The van der Waals surface area contributed by atoms with Gasteiger partial charge in [0.2, 0.25) is 0 Å². The molecule has 0 aliphatic rings. The number of ether oxygens (including phenoxy) is 2. The van der Waals surface area contributed by atoms with Crippen molar-refractivity contribution < 1.29 is 23.9 Å². The molecule has 0 aromatic carbocycles. The van der Waals surface area contributed by atoms with Crippen molar-refractivity contribution in [3.05, 3.63) is 12.7 Å². The fourth-order valence-electron chi connectivity index (χ4n) is 1.33. The van der Waals surface area contributed by atoms with Gasteiger partial charge < -0.3 is 9.47 Å². The average molecular weight is 270 g/mol. The van der Waals surface area contributed by atoms with Crippen molar-refractivity contribution in [2.45, 2.75) is 46.0 Å². The molecule has 0 fully saturated rings. The van der Waals surface area contributed by atoms with E-state index >= 15 is 0 Å². The Morgan fingerprint density at radius 1 is 1.26 bits per heavy atom. The van der Waals surface area contributed by atoms with E-state index in [0.717, 1.165) is 18.9 Å². The van der Waals surface area contributed by atoms with E-state index in [0.29, 0.717) is 19.4 Å². The van der Waals surface area contributed by atoms with Crippen LogP contribution in [0.4, 0.5) is 0 Å². The molecule has 0 saturated carbocycles. The van der Waals surface area contributed by atoms with Crippen LogP contribution in [0.2, 0.25) is 0 Å². The van der Waals surface area contributed by atoms with E-state index < -0.39 is 11.9 Å². The van der Waals surface area contributed by atoms with Crippen LogP contribution < -0.4 is 0 Å². The second-order valence-corrected chi connectivity index (χ2v) is 4.31. The van der Waals surface area contributed by atoms with Gasteiger partial charge in [-0.2, -0.15) is 0 Å². The monoisotopic (exact) mass is 270 g/mol. The van der Waals surface area contributed by atoms with E-state index in [1.807, 2.05) is 6.92 Å². The molecule has 0 aromatic rings. The second-order valence-electron chi connectivity index (χ2n) is 4.31. The van der Waals surface area contributed by atoms with Crippen molar-refractivity contribution in [3.63, 3.8) is 0 Å². The molecule has 0 bridgehead atoms. The predicted molar refractivity (Wildman–Crippen MR) is 70.2 cm³/mol. The number of esters is 3.